The molecule has 10 heteroatoms. The van der Waals surface area contributed by atoms with Gasteiger partial charge in [0.2, 0.25) is 0 Å². The fourth-order valence-corrected chi connectivity index (χ4v) is 0.577. The molecule has 18 heavy (non-hydrogen) atoms. The Labute approximate surface area is 213 Å². The van der Waals surface area contributed by atoms with E-state index in [1.807, 2.05) is 30.3 Å². The first-order valence-electron chi connectivity index (χ1n) is 2.58. The fraction of sp³-hybridized carbons (Fsp3) is 0.125. The summed E-state index contributed by atoms with van der Waals surface area (Å²) in [4.78, 5) is 0. The van der Waals surface area contributed by atoms with E-state index < -0.39 is 0 Å². The van der Waals surface area contributed by atoms with Crippen LogP contribution in [0, 0.1) is 7.43 Å². The maximum atomic E-state index is 3.97. The average molecular weight is 524 g/mol. The normalized spacial score (nSPS) is 3.83. The number of rotatable bonds is 1. The molecule has 1 nitrogen and oxygen atoms in total. The van der Waals surface area contributed by atoms with Gasteiger partial charge in [-0.1, -0.05) is 30.3 Å². The average Bonchev–Trinajstić information content (AvgIpc) is 1.90. The first kappa shape index (κ1) is 67.6. The molecule has 1 aromatic rings. The summed E-state index contributed by atoms with van der Waals surface area (Å²) in [6.07, 6.45) is 0. The minimum atomic E-state index is 0. The van der Waals surface area contributed by atoms with Gasteiger partial charge in [-0.2, -0.15) is 0 Å². The van der Waals surface area contributed by atoms with E-state index in [9.17, 15) is 0 Å². The fourth-order valence-electron chi connectivity index (χ4n) is 0.577. The van der Waals surface area contributed by atoms with Gasteiger partial charge in [-0.05, 0) is 0 Å². The summed E-state index contributed by atoms with van der Waals surface area (Å²) in [6, 6.07) is 9.87. The van der Waals surface area contributed by atoms with E-state index in [0.717, 1.165) is 5.69 Å². The van der Waals surface area contributed by atoms with E-state index in [1.165, 1.54) is 0 Å². The van der Waals surface area contributed by atoms with Crippen LogP contribution < -0.4 is 143 Å². The Hall–Kier alpha value is 3.85. The minimum Gasteiger partial charge on any atom is -1.00 e. The number of halogens is 4. The van der Waals surface area contributed by atoms with Gasteiger partial charge in [0.05, 0.1) is 0 Å². The third-order valence-electron chi connectivity index (χ3n) is 1.01. The predicted molar refractivity (Wildman–Crippen MR) is 41.8 cm³/mol. The van der Waals surface area contributed by atoms with Gasteiger partial charge in [0.25, 0.3) is 0 Å². The maximum absolute atomic E-state index is 3.97. The van der Waals surface area contributed by atoms with Gasteiger partial charge in [0, 0.05) is 0 Å². The van der Waals surface area contributed by atoms with Gasteiger partial charge in [0.1, 0.15) is 0 Å². The molecule has 87 valence electrons. The first-order chi connectivity index (χ1) is 3.93. The third kappa shape index (κ3) is 36.8. The van der Waals surface area contributed by atoms with Crippen LogP contribution in [0.1, 0.15) is 0 Å². The number of hydrogen-bond acceptors (Lipinski definition) is 0. The standard InChI is InChI=1S/C7H8N.CH3.4BrH.4Li.Mn/c1-8-7-5-3-2-4-6-7;;;;;;;;;;/h2-6H,1H3;1H3;4*1H;;;;;/q2*-1;;;;;4*+1;+2/p-4. The molecular weight excluding hydrogens is 512 g/mol. The van der Waals surface area contributed by atoms with Crippen molar-refractivity contribution in [2.75, 3.05) is 7.05 Å². The molecule has 1 aromatic carbocycles. The molecule has 0 aromatic heterocycles. The molecule has 0 amide bonds. The molecule has 0 aliphatic rings. The zero-order valence-electron chi connectivity index (χ0n) is 11.7. The molecule has 0 saturated heterocycles. The van der Waals surface area contributed by atoms with Gasteiger partial charge in [-0.15, -0.1) is 12.7 Å². The zero-order valence-corrected chi connectivity index (χ0v) is 19.2. The summed E-state index contributed by atoms with van der Waals surface area (Å²) < 4.78 is 0. The summed E-state index contributed by atoms with van der Waals surface area (Å²) in [5.41, 5.74) is 1.03. The summed E-state index contributed by atoms with van der Waals surface area (Å²) in [5.74, 6) is 0. The minimum absolute atomic E-state index is 0. The van der Waals surface area contributed by atoms with Crippen LogP contribution in [0.3, 0.4) is 0 Å². The predicted octanol–water partition coefficient (Wildman–Crippen LogP) is -21.2. The Morgan fingerprint density at radius 3 is 1.17 bits per heavy atom. The number of nitrogens with zero attached hydrogens (tertiary/aromatic N) is 1. The molecule has 0 atom stereocenters. The SMILES string of the molecule is C[N-]c1ccccc1.[Br-].[Br-].[Br-].[Br-].[CH3-].[Li+].[Li+].[Li+].[Li+].[Mn+2]. The summed E-state index contributed by atoms with van der Waals surface area (Å²) in [5, 5.41) is 3.97. The smallest absolute Gasteiger partial charge is 1.00 e. The molecule has 0 aliphatic carbocycles. The second-order valence-electron chi connectivity index (χ2n) is 1.56. The molecule has 0 bridgehead atoms. The van der Waals surface area contributed by atoms with Crippen LogP contribution in [-0.4, -0.2) is 7.05 Å². The van der Waals surface area contributed by atoms with Gasteiger partial charge in [-0.25, -0.2) is 0 Å². The maximum Gasteiger partial charge on any atom is 2.00 e. The topological polar surface area (TPSA) is 14.1 Å². The molecule has 0 spiro atoms. The van der Waals surface area contributed by atoms with Crippen LogP contribution in [0.4, 0.5) is 5.69 Å². The molecular formula is C8H11Br4Li4MnN. The van der Waals surface area contributed by atoms with Crippen LogP contribution >= 0.6 is 0 Å². The molecule has 0 N–H and O–H groups in total. The third-order valence-corrected chi connectivity index (χ3v) is 1.01. The van der Waals surface area contributed by atoms with Gasteiger partial charge >= 0.3 is 92.5 Å². The summed E-state index contributed by atoms with van der Waals surface area (Å²) in [7, 11) is 1.79. The van der Waals surface area contributed by atoms with Crippen molar-refractivity contribution in [1.82, 2.24) is 0 Å². The van der Waals surface area contributed by atoms with Gasteiger partial charge in [0.15, 0.2) is 0 Å². The van der Waals surface area contributed by atoms with Crippen LogP contribution in [-0.2, 0) is 17.1 Å². The number of hydrogen-bond donors (Lipinski definition) is 0. The van der Waals surface area contributed by atoms with Crippen molar-refractivity contribution in [1.29, 1.82) is 0 Å². The Bertz CT molecular complexity index is 176. The van der Waals surface area contributed by atoms with Crippen molar-refractivity contribution in [2.24, 2.45) is 0 Å². The molecule has 0 fully saturated rings. The summed E-state index contributed by atoms with van der Waals surface area (Å²) in [6.45, 7) is 0. The Morgan fingerprint density at radius 1 is 0.722 bits per heavy atom. The van der Waals surface area contributed by atoms with E-state index in [0.29, 0.717) is 0 Å². The van der Waals surface area contributed by atoms with Crippen molar-refractivity contribution in [3.63, 3.8) is 0 Å². The van der Waals surface area contributed by atoms with E-state index in [-0.39, 0.29) is 168 Å². The van der Waals surface area contributed by atoms with Crippen LogP contribution in [0.2, 0.25) is 0 Å². The van der Waals surface area contributed by atoms with E-state index in [2.05, 4.69) is 5.32 Å². The zero-order chi connectivity index (χ0) is 5.82. The monoisotopic (exact) mass is 520 g/mol. The van der Waals surface area contributed by atoms with E-state index in [1.54, 1.807) is 7.05 Å². The largest absolute Gasteiger partial charge is 2.00 e. The summed E-state index contributed by atoms with van der Waals surface area (Å²) >= 11 is 0. The van der Waals surface area contributed by atoms with Crippen LogP contribution in [0.15, 0.2) is 30.3 Å². The number of para-hydroxylation sites is 1. The van der Waals surface area contributed by atoms with E-state index in [4.69, 9.17) is 0 Å². The molecule has 1 rings (SSSR count). The first-order valence-corrected chi connectivity index (χ1v) is 2.58. The Kier molecular flexibility index (Phi) is 187. The molecule has 0 heterocycles. The van der Waals surface area contributed by atoms with Crippen molar-refractivity contribution in [2.45, 2.75) is 0 Å². The quantitative estimate of drug-likeness (QED) is 0.257. The van der Waals surface area contributed by atoms with E-state index >= 15 is 0 Å². The van der Waals surface area contributed by atoms with Gasteiger partial charge in [-0.3, -0.25) is 0 Å². The van der Waals surface area contributed by atoms with Crippen molar-refractivity contribution >= 4 is 5.69 Å². The molecule has 1 radical (unpaired) electrons. The van der Waals surface area contributed by atoms with Crippen molar-refractivity contribution in [3.05, 3.63) is 43.1 Å². The molecule has 0 aliphatic heterocycles. The molecule has 0 saturated carbocycles. The second-order valence-corrected chi connectivity index (χ2v) is 1.56. The van der Waals surface area contributed by atoms with Crippen molar-refractivity contribution in [3.8, 4) is 0 Å². The van der Waals surface area contributed by atoms with Crippen LogP contribution in [0.5, 0.6) is 0 Å². The number of benzene rings is 1. The molecule has 0 unspecified atom stereocenters. The van der Waals surface area contributed by atoms with Crippen molar-refractivity contribution < 1.29 is 160 Å². The van der Waals surface area contributed by atoms with Crippen LogP contribution in [0.25, 0.3) is 5.32 Å². The second kappa shape index (κ2) is 49.8. The van der Waals surface area contributed by atoms with Gasteiger partial charge < -0.3 is 80.7 Å². The Morgan fingerprint density at radius 2 is 1.00 bits per heavy atom. The Balaban J connectivity index is -0.00000000800.